The third-order valence-electron chi connectivity index (χ3n) is 3.46. The van der Waals surface area contributed by atoms with Gasteiger partial charge in [-0.25, -0.2) is 4.68 Å². The van der Waals surface area contributed by atoms with Gasteiger partial charge in [0.1, 0.15) is 5.82 Å². The lowest BCUT2D eigenvalue weighted by Crippen LogP contribution is -2.36. The molecule has 0 bridgehead atoms. The van der Waals surface area contributed by atoms with Gasteiger partial charge in [0.05, 0.1) is 25.3 Å². The maximum absolute atomic E-state index is 11.8. The van der Waals surface area contributed by atoms with Crippen LogP contribution in [0.3, 0.4) is 0 Å². The molecule has 1 aromatic rings. The van der Waals surface area contributed by atoms with Crippen molar-refractivity contribution in [1.82, 2.24) is 20.4 Å². The molecule has 1 aromatic heterocycles. The molecular formula is C13H21N5O2. The highest BCUT2D eigenvalue weighted by molar-refractivity contribution is 5.91. The number of carbonyl (C=O) groups excluding carboxylic acids is 2. The zero-order valence-electron chi connectivity index (χ0n) is 11.7. The van der Waals surface area contributed by atoms with E-state index in [0.29, 0.717) is 6.04 Å². The molecule has 0 aliphatic heterocycles. The first-order chi connectivity index (χ1) is 9.70. The summed E-state index contributed by atoms with van der Waals surface area (Å²) in [6.07, 6.45) is 6.35. The molecule has 0 radical (unpaired) electrons. The number of amides is 2. The molecule has 1 aliphatic carbocycles. The second-order valence-electron chi connectivity index (χ2n) is 4.92. The molecule has 0 unspecified atom stereocenters. The average Bonchev–Trinajstić information content (AvgIpc) is 3.08. The van der Waals surface area contributed by atoms with E-state index in [4.69, 9.17) is 0 Å². The predicted molar refractivity (Wildman–Crippen MR) is 75.3 cm³/mol. The van der Waals surface area contributed by atoms with Crippen molar-refractivity contribution in [2.75, 3.05) is 25.5 Å². The Morgan fingerprint density at radius 2 is 2.00 bits per heavy atom. The first-order valence-electron chi connectivity index (χ1n) is 6.95. The van der Waals surface area contributed by atoms with E-state index in [2.05, 4.69) is 21.0 Å². The van der Waals surface area contributed by atoms with E-state index < -0.39 is 0 Å². The van der Waals surface area contributed by atoms with Crippen molar-refractivity contribution in [3.8, 4) is 0 Å². The van der Waals surface area contributed by atoms with Crippen molar-refractivity contribution in [2.24, 2.45) is 0 Å². The normalized spacial score (nSPS) is 15.2. The smallest absolute Gasteiger partial charge is 0.239 e. The Labute approximate surface area is 118 Å². The number of hydrogen-bond donors (Lipinski definition) is 3. The fourth-order valence-electron chi connectivity index (χ4n) is 2.42. The van der Waals surface area contributed by atoms with Gasteiger partial charge < -0.3 is 10.6 Å². The fourth-order valence-corrected chi connectivity index (χ4v) is 2.42. The highest BCUT2D eigenvalue weighted by Gasteiger charge is 2.20. The number of nitrogens with one attached hydrogen (secondary N) is 3. The van der Waals surface area contributed by atoms with E-state index >= 15 is 0 Å². The van der Waals surface area contributed by atoms with Gasteiger partial charge in [-0.15, -0.1) is 0 Å². The number of aromatic nitrogens is 2. The molecule has 20 heavy (non-hydrogen) atoms. The molecule has 1 heterocycles. The van der Waals surface area contributed by atoms with Crippen LogP contribution in [0.25, 0.3) is 0 Å². The lowest BCUT2D eigenvalue weighted by atomic mass is 10.2. The Hall–Kier alpha value is -1.89. The summed E-state index contributed by atoms with van der Waals surface area (Å²) in [4.78, 5) is 22.8. The monoisotopic (exact) mass is 279 g/mol. The van der Waals surface area contributed by atoms with E-state index in [0.717, 1.165) is 18.7 Å². The molecular weight excluding hydrogens is 258 g/mol. The van der Waals surface area contributed by atoms with Crippen molar-refractivity contribution in [3.05, 3.63) is 12.3 Å². The minimum Gasteiger partial charge on any atom is -0.358 e. The lowest BCUT2D eigenvalue weighted by Gasteiger charge is -2.14. The SMILES string of the molecule is CNC(=O)CNCC(=O)Nc1ccnn1C1CCCC1. The van der Waals surface area contributed by atoms with Crippen molar-refractivity contribution in [2.45, 2.75) is 31.7 Å². The molecule has 1 aliphatic rings. The Morgan fingerprint density at radius 3 is 2.70 bits per heavy atom. The van der Waals surface area contributed by atoms with Crippen LogP contribution >= 0.6 is 0 Å². The summed E-state index contributed by atoms with van der Waals surface area (Å²) in [6.45, 7) is 0.231. The maximum atomic E-state index is 11.8. The topological polar surface area (TPSA) is 88.1 Å². The molecule has 2 amide bonds. The molecule has 0 aromatic carbocycles. The lowest BCUT2D eigenvalue weighted by molar-refractivity contribution is -0.120. The minimum absolute atomic E-state index is 0.100. The quantitative estimate of drug-likeness (QED) is 0.697. The number of nitrogens with zero attached hydrogens (tertiary/aromatic N) is 2. The van der Waals surface area contributed by atoms with Gasteiger partial charge in [0, 0.05) is 13.1 Å². The van der Waals surface area contributed by atoms with Crippen LogP contribution in [-0.4, -0.2) is 41.7 Å². The van der Waals surface area contributed by atoms with Gasteiger partial charge in [-0.3, -0.25) is 14.9 Å². The van der Waals surface area contributed by atoms with Crippen LogP contribution in [0.1, 0.15) is 31.7 Å². The largest absolute Gasteiger partial charge is 0.358 e. The molecule has 3 N–H and O–H groups in total. The van der Waals surface area contributed by atoms with Gasteiger partial charge in [0.25, 0.3) is 0 Å². The summed E-state index contributed by atoms with van der Waals surface area (Å²) in [5.74, 6) is 0.408. The predicted octanol–water partition coefficient (Wildman–Crippen LogP) is 0.272. The van der Waals surface area contributed by atoms with Crippen LogP contribution < -0.4 is 16.0 Å². The summed E-state index contributed by atoms with van der Waals surface area (Å²) in [7, 11) is 1.56. The Bertz CT molecular complexity index is 465. The number of carbonyl (C=O) groups is 2. The molecule has 7 heteroatoms. The van der Waals surface area contributed by atoms with E-state index in [1.807, 2.05) is 4.68 Å². The molecule has 0 saturated heterocycles. The molecule has 2 rings (SSSR count). The van der Waals surface area contributed by atoms with Gasteiger partial charge >= 0.3 is 0 Å². The number of anilines is 1. The van der Waals surface area contributed by atoms with Crippen molar-refractivity contribution in [3.63, 3.8) is 0 Å². The second kappa shape index (κ2) is 7.04. The zero-order valence-corrected chi connectivity index (χ0v) is 11.7. The summed E-state index contributed by atoms with van der Waals surface area (Å²) < 4.78 is 1.89. The third-order valence-corrected chi connectivity index (χ3v) is 3.46. The third kappa shape index (κ3) is 3.80. The Morgan fingerprint density at radius 1 is 1.30 bits per heavy atom. The number of hydrogen-bond acceptors (Lipinski definition) is 4. The van der Waals surface area contributed by atoms with Crippen LogP contribution in [0.15, 0.2) is 12.3 Å². The summed E-state index contributed by atoms with van der Waals surface area (Å²) >= 11 is 0. The number of likely N-dealkylation sites (N-methyl/N-ethyl adjacent to an activating group) is 1. The Balaban J connectivity index is 1.82. The summed E-state index contributed by atoms with van der Waals surface area (Å²) in [6, 6.07) is 2.19. The summed E-state index contributed by atoms with van der Waals surface area (Å²) in [5.41, 5.74) is 0. The first kappa shape index (κ1) is 14.5. The second-order valence-corrected chi connectivity index (χ2v) is 4.92. The van der Waals surface area contributed by atoms with Crippen molar-refractivity contribution >= 4 is 17.6 Å². The van der Waals surface area contributed by atoms with E-state index in [9.17, 15) is 9.59 Å². The van der Waals surface area contributed by atoms with E-state index in [1.165, 1.54) is 12.8 Å². The molecule has 0 atom stereocenters. The summed E-state index contributed by atoms with van der Waals surface area (Å²) in [5, 5.41) is 12.4. The van der Waals surface area contributed by atoms with E-state index in [-0.39, 0.29) is 24.9 Å². The van der Waals surface area contributed by atoms with Gasteiger partial charge in [-0.2, -0.15) is 5.10 Å². The van der Waals surface area contributed by atoms with Crippen molar-refractivity contribution < 1.29 is 9.59 Å². The highest BCUT2D eigenvalue weighted by atomic mass is 16.2. The molecule has 1 fully saturated rings. The van der Waals surface area contributed by atoms with Gasteiger partial charge in [-0.05, 0) is 12.8 Å². The molecule has 0 spiro atoms. The zero-order chi connectivity index (χ0) is 14.4. The minimum atomic E-state index is -0.173. The molecule has 7 nitrogen and oxygen atoms in total. The van der Waals surface area contributed by atoms with Gasteiger partial charge in [0.2, 0.25) is 11.8 Å². The Kier molecular flexibility index (Phi) is 5.11. The van der Waals surface area contributed by atoms with Gasteiger partial charge in [-0.1, -0.05) is 12.8 Å². The van der Waals surface area contributed by atoms with Crippen LogP contribution in [-0.2, 0) is 9.59 Å². The standard InChI is InChI=1S/C13H21N5O2/c1-14-12(19)8-15-9-13(20)17-11-6-7-16-18(11)10-4-2-3-5-10/h6-7,10,15H,2-5,8-9H2,1H3,(H,14,19)(H,17,20). The van der Waals surface area contributed by atoms with Gasteiger partial charge in [0.15, 0.2) is 0 Å². The average molecular weight is 279 g/mol. The van der Waals surface area contributed by atoms with Crippen LogP contribution in [0.5, 0.6) is 0 Å². The fraction of sp³-hybridized carbons (Fsp3) is 0.615. The molecule has 1 saturated carbocycles. The van der Waals surface area contributed by atoms with Crippen LogP contribution in [0, 0.1) is 0 Å². The van der Waals surface area contributed by atoms with Crippen LogP contribution in [0.2, 0.25) is 0 Å². The van der Waals surface area contributed by atoms with Crippen LogP contribution in [0.4, 0.5) is 5.82 Å². The number of rotatable bonds is 6. The first-order valence-corrected chi connectivity index (χ1v) is 6.95. The highest BCUT2D eigenvalue weighted by Crippen LogP contribution is 2.31. The molecule has 110 valence electrons. The van der Waals surface area contributed by atoms with Crippen molar-refractivity contribution in [1.29, 1.82) is 0 Å². The van der Waals surface area contributed by atoms with E-state index in [1.54, 1.807) is 19.3 Å². The maximum Gasteiger partial charge on any atom is 0.239 e.